The fourth-order valence-electron chi connectivity index (χ4n) is 2.18. The first-order valence-corrected chi connectivity index (χ1v) is 9.90. The zero-order valence-corrected chi connectivity index (χ0v) is 16.6. The average Bonchev–Trinajstić information content (AvgIpc) is 2.66. The second-order valence-corrected chi connectivity index (χ2v) is 9.68. The zero-order chi connectivity index (χ0) is 14.8. The maximum absolute atomic E-state index is 4.53. The van der Waals surface area contributed by atoms with Crippen LogP contribution in [0.4, 0.5) is 0 Å². The Balaban J connectivity index is 0. The molecule has 3 heteroatoms. The summed E-state index contributed by atoms with van der Waals surface area (Å²) in [5.74, 6) is 2.68. The molecule has 0 spiro atoms. The maximum atomic E-state index is 4.53. The van der Waals surface area contributed by atoms with Gasteiger partial charge in [-0.2, -0.15) is 0 Å². The number of rotatable bonds is 6. The molecule has 0 aromatic heterocycles. The van der Waals surface area contributed by atoms with Gasteiger partial charge in [0.05, 0.1) is 0 Å². The molecule has 0 saturated heterocycles. The summed E-state index contributed by atoms with van der Waals surface area (Å²) in [6.07, 6.45) is 11.5. The van der Waals surface area contributed by atoms with Crippen molar-refractivity contribution in [3.05, 3.63) is 22.8 Å². The molecule has 0 aromatic rings. The molecular formula is C17H32ClNiP. The molecule has 0 amide bonds. The van der Waals surface area contributed by atoms with E-state index in [1.54, 1.807) is 0 Å². The van der Waals surface area contributed by atoms with Crippen molar-refractivity contribution in [1.82, 2.24) is 0 Å². The molecule has 20 heavy (non-hydrogen) atoms. The van der Waals surface area contributed by atoms with E-state index in [9.17, 15) is 0 Å². The first-order valence-electron chi connectivity index (χ1n) is 7.51. The van der Waals surface area contributed by atoms with Gasteiger partial charge in [-0.3, -0.25) is 0 Å². The summed E-state index contributed by atoms with van der Waals surface area (Å²) in [6, 6.07) is 0. The molecule has 0 aliphatic heterocycles. The van der Waals surface area contributed by atoms with Crippen LogP contribution in [-0.4, -0.2) is 18.5 Å². The molecule has 0 saturated carbocycles. The summed E-state index contributed by atoms with van der Waals surface area (Å²) >= 11 is 4.53. The van der Waals surface area contributed by atoms with Crippen LogP contribution in [0.3, 0.4) is 0 Å². The molecule has 0 bridgehead atoms. The Morgan fingerprint density at radius 1 is 0.950 bits per heavy atom. The van der Waals surface area contributed by atoms with Gasteiger partial charge in [0, 0.05) is 0 Å². The number of halogens is 1. The molecule has 0 heterocycles. The van der Waals surface area contributed by atoms with Gasteiger partial charge < -0.3 is 12.4 Å². The third-order valence-electron chi connectivity index (χ3n) is 2.57. The topological polar surface area (TPSA) is 0 Å². The van der Waals surface area contributed by atoms with E-state index in [0.29, 0.717) is 7.92 Å². The fourth-order valence-corrected chi connectivity index (χ4v) is 5.94. The number of allylic oxidation sites excluding steroid dienone is 4. The van der Waals surface area contributed by atoms with Crippen LogP contribution >= 0.6 is 7.92 Å². The van der Waals surface area contributed by atoms with Crippen LogP contribution < -0.4 is 12.4 Å². The van der Waals surface area contributed by atoms with Crippen LogP contribution in [0.15, 0.2) is 22.8 Å². The Kier molecular flexibility index (Phi) is 15.3. The summed E-state index contributed by atoms with van der Waals surface area (Å²) in [4.78, 5) is 0. The van der Waals surface area contributed by atoms with Crippen molar-refractivity contribution in [3.63, 3.8) is 0 Å². The Bertz CT molecular complexity index is 259. The average molecular weight is 362 g/mol. The molecule has 0 radical (unpaired) electrons. The minimum absolute atomic E-state index is 0. The van der Waals surface area contributed by atoms with E-state index in [4.69, 9.17) is 0 Å². The van der Waals surface area contributed by atoms with Crippen molar-refractivity contribution in [2.75, 3.05) is 18.5 Å². The summed E-state index contributed by atoms with van der Waals surface area (Å²) in [7, 11) is 0.321. The van der Waals surface area contributed by atoms with E-state index >= 15 is 0 Å². The van der Waals surface area contributed by atoms with Gasteiger partial charge in [-0.15, -0.1) is 7.92 Å². The first-order chi connectivity index (χ1) is 8.81. The van der Waals surface area contributed by atoms with E-state index < -0.39 is 0 Å². The van der Waals surface area contributed by atoms with Crippen molar-refractivity contribution in [1.29, 1.82) is 0 Å². The van der Waals surface area contributed by atoms with Crippen LogP contribution in [0.25, 0.3) is 0 Å². The van der Waals surface area contributed by atoms with Crippen LogP contribution in [0.1, 0.15) is 48.0 Å². The van der Waals surface area contributed by atoms with Crippen LogP contribution in [0.2, 0.25) is 0 Å². The number of hydrogen-bond donors (Lipinski definition) is 0. The van der Waals surface area contributed by atoms with Gasteiger partial charge in [-0.1, -0.05) is 41.5 Å². The Morgan fingerprint density at radius 3 is 1.50 bits per heavy atom. The Labute approximate surface area is 142 Å². The van der Waals surface area contributed by atoms with E-state index in [1.807, 2.05) is 12.2 Å². The van der Waals surface area contributed by atoms with Gasteiger partial charge in [0.25, 0.3) is 0 Å². The van der Waals surface area contributed by atoms with Gasteiger partial charge >= 0.3 is 44.7 Å². The van der Waals surface area contributed by atoms with Gasteiger partial charge in [0.1, 0.15) is 0 Å². The predicted molar refractivity (Wildman–Crippen MR) is 87.9 cm³/mol. The zero-order valence-electron chi connectivity index (χ0n) is 13.9. The quantitative estimate of drug-likeness (QED) is 0.504. The first kappa shape index (κ1) is 23.0. The third-order valence-corrected chi connectivity index (χ3v) is 6.68. The second-order valence-electron chi connectivity index (χ2n) is 6.61. The molecular weight excluding hydrogens is 329 g/mol. The number of hydrogen-bond acceptors (Lipinski definition) is 0. The van der Waals surface area contributed by atoms with Crippen LogP contribution in [-0.2, 0) is 15.5 Å². The van der Waals surface area contributed by atoms with Gasteiger partial charge in [0.2, 0.25) is 0 Å². The SMILES string of the molecule is CC(C)CP(CC(C)C)CC(C)C.[Cl-].[Ni+][C]1=CC=CC1. The Morgan fingerprint density at radius 2 is 1.35 bits per heavy atom. The fraction of sp³-hybridized carbons (Fsp3) is 0.765. The summed E-state index contributed by atoms with van der Waals surface area (Å²) in [5.41, 5.74) is 0. The van der Waals surface area contributed by atoms with E-state index in [2.05, 4.69) is 63.1 Å². The predicted octanol–water partition coefficient (Wildman–Crippen LogP) is 2.82. The minimum atomic E-state index is 0. The molecule has 1 aliphatic rings. The van der Waals surface area contributed by atoms with Crippen LogP contribution in [0.5, 0.6) is 0 Å². The molecule has 0 nitrogen and oxygen atoms in total. The van der Waals surface area contributed by atoms with Crippen molar-refractivity contribution in [3.8, 4) is 0 Å². The second kappa shape index (κ2) is 13.4. The van der Waals surface area contributed by atoms with Crippen LogP contribution in [0, 0.1) is 17.8 Å². The third kappa shape index (κ3) is 15.1. The van der Waals surface area contributed by atoms with Crippen molar-refractivity contribution in [2.24, 2.45) is 17.8 Å². The summed E-state index contributed by atoms with van der Waals surface area (Å²) in [5, 5.41) is 0. The van der Waals surface area contributed by atoms with E-state index in [1.165, 1.54) is 18.5 Å². The van der Waals surface area contributed by atoms with E-state index in [0.717, 1.165) is 28.7 Å². The molecule has 1 rings (SSSR count). The van der Waals surface area contributed by atoms with Crippen molar-refractivity contribution < 1.29 is 27.9 Å². The van der Waals surface area contributed by atoms with Crippen molar-refractivity contribution >= 4 is 7.92 Å². The van der Waals surface area contributed by atoms with Gasteiger partial charge in [-0.25, -0.2) is 0 Å². The Hall–Kier alpha value is 0.694. The normalized spacial score (nSPS) is 13.7. The summed E-state index contributed by atoms with van der Waals surface area (Å²) < 4.78 is 1.09. The molecule has 122 valence electrons. The summed E-state index contributed by atoms with van der Waals surface area (Å²) in [6.45, 7) is 14.1. The standard InChI is InChI=1S/C12H27P.C5H5.ClH.Ni/c1-10(2)7-13(8-11(3)4)9-12(5)6;1-2-4-5-3-1;;/h10-12H,7-9H2,1-6H3;1-3H,4H2;1H;/q;;;+1/p-1. The molecule has 0 aromatic carbocycles. The monoisotopic (exact) mass is 360 g/mol. The molecule has 0 N–H and O–H groups in total. The molecule has 0 fully saturated rings. The van der Waals surface area contributed by atoms with Gasteiger partial charge in [0.15, 0.2) is 0 Å². The van der Waals surface area contributed by atoms with Gasteiger partial charge in [-0.05, 0) is 36.2 Å². The van der Waals surface area contributed by atoms with Crippen molar-refractivity contribution in [2.45, 2.75) is 48.0 Å². The van der Waals surface area contributed by atoms with E-state index in [-0.39, 0.29) is 12.4 Å². The molecule has 0 unspecified atom stereocenters. The molecule has 0 atom stereocenters. The molecule has 1 aliphatic carbocycles.